The second-order valence-corrected chi connectivity index (χ2v) is 7.80. The highest BCUT2D eigenvalue weighted by Gasteiger charge is 2.07. The minimum absolute atomic E-state index is 0. The van der Waals surface area contributed by atoms with Gasteiger partial charge < -0.3 is 16.0 Å². The lowest BCUT2D eigenvalue weighted by atomic mass is 10.1. The van der Waals surface area contributed by atoms with Gasteiger partial charge in [0.05, 0.1) is 0 Å². The molecule has 0 spiro atoms. The first-order valence-corrected chi connectivity index (χ1v) is 11.5. The highest BCUT2D eigenvalue weighted by Crippen LogP contribution is 2.16. The Morgan fingerprint density at radius 1 is 1.03 bits per heavy atom. The third-order valence-corrected chi connectivity index (χ3v) is 5.23. The molecule has 170 valence electrons. The van der Waals surface area contributed by atoms with Gasteiger partial charge in [0.1, 0.15) is 5.82 Å². The van der Waals surface area contributed by atoms with Crippen LogP contribution in [0.15, 0.2) is 47.5 Å². The number of guanidine groups is 1. The van der Waals surface area contributed by atoms with Crippen LogP contribution in [0.5, 0.6) is 0 Å². The number of rotatable bonds is 10. The topological polar surface area (TPSA) is 65.5 Å². The predicted molar refractivity (Wildman–Crippen MR) is 140 cm³/mol. The number of thioether (sulfide) groups is 1. The molecule has 0 heterocycles. The Hall–Kier alpha value is -1.81. The number of carbonyl (C=O) groups excluding carboxylic acids is 1. The van der Waals surface area contributed by atoms with Crippen LogP contribution in [0.1, 0.15) is 46.8 Å². The molecule has 0 fully saturated rings. The Morgan fingerprint density at radius 3 is 2.39 bits per heavy atom. The molecule has 0 saturated carbocycles. The van der Waals surface area contributed by atoms with Gasteiger partial charge in [-0.05, 0) is 53.6 Å². The molecule has 2 aromatic carbocycles. The normalized spacial score (nSPS) is 10.9. The minimum atomic E-state index is -0.215. The number of nitrogens with zero attached hydrogens (tertiary/aromatic N) is 1. The van der Waals surface area contributed by atoms with Crippen LogP contribution in [0, 0.1) is 5.82 Å². The Labute approximate surface area is 206 Å². The van der Waals surface area contributed by atoms with Gasteiger partial charge in [-0.1, -0.05) is 31.5 Å². The molecule has 1 amide bonds. The van der Waals surface area contributed by atoms with E-state index >= 15 is 0 Å². The number of amides is 1. The fourth-order valence-electron chi connectivity index (χ4n) is 2.90. The van der Waals surface area contributed by atoms with Gasteiger partial charge in [0, 0.05) is 38.0 Å². The standard InChI is InChI=1S/C23H31FN4OS.HI/c1-4-5-12-26-22(29)18-8-6-17(7-9-18)14-27-23(25-2)28-15-19-10-11-21(24)13-20(19)16-30-3;/h6-11,13H,4-5,12,14-16H2,1-3H3,(H,26,29)(H2,25,27,28);1H. The average molecular weight is 559 g/mol. The summed E-state index contributed by atoms with van der Waals surface area (Å²) in [6.07, 6.45) is 4.04. The summed E-state index contributed by atoms with van der Waals surface area (Å²) in [6.45, 7) is 3.94. The summed E-state index contributed by atoms with van der Waals surface area (Å²) in [5, 5.41) is 9.46. The molecule has 0 aliphatic carbocycles. The molecule has 3 N–H and O–H groups in total. The molecule has 31 heavy (non-hydrogen) atoms. The fraction of sp³-hybridized carbons (Fsp3) is 0.391. The number of nitrogens with one attached hydrogen (secondary N) is 3. The third kappa shape index (κ3) is 9.47. The summed E-state index contributed by atoms with van der Waals surface area (Å²) in [6, 6.07) is 12.4. The minimum Gasteiger partial charge on any atom is -0.352 e. The van der Waals surface area contributed by atoms with Crippen LogP contribution in [0.2, 0.25) is 0 Å². The van der Waals surface area contributed by atoms with E-state index in [1.165, 1.54) is 6.07 Å². The largest absolute Gasteiger partial charge is 0.352 e. The molecule has 5 nitrogen and oxygen atoms in total. The van der Waals surface area contributed by atoms with Crippen LogP contribution in [0.3, 0.4) is 0 Å². The van der Waals surface area contributed by atoms with E-state index in [1.54, 1.807) is 24.9 Å². The van der Waals surface area contributed by atoms with Crippen molar-refractivity contribution in [3.63, 3.8) is 0 Å². The SMILES string of the molecule is CCCCNC(=O)c1ccc(CNC(=NC)NCc2ccc(F)cc2CSC)cc1.I. The van der Waals surface area contributed by atoms with Crippen LogP contribution in [-0.4, -0.2) is 31.7 Å². The van der Waals surface area contributed by atoms with Gasteiger partial charge in [0.15, 0.2) is 5.96 Å². The number of benzene rings is 2. The van der Waals surface area contributed by atoms with E-state index in [0.29, 0.717) is 31.2 Å². The molecule has 8 heteroatoms. The number of unbranched alkanes of at least 4 members (excludes halogenated alkanes) is 1. The monoisotopic (exact) mass is 558 g/mol. The van der Waals surface area contributed by atoms with Crippen LogP contribution < -0.4 is 16.0 Å². The number of hydrogen-bond donors (Lipinski definition) is 3. The van der Waals surface area contributed by atoms with E-state index in [0.717, 1.165) is 35.3 Å². The van der Waals surface area contributed by atoms with Crippen LogP contribution >= 0.6 is 35.7 Å². The zero-order chi connectivity index (χ0) is 21.8. The number of halogens is 2. The first-order valence-electron chi connectivity index (χ1n) is 10.1. The van der Waals surface area contributed by atoms with Crippen molar-refractivity contribution in [1.29, 1.82) is 0 Å². The van der Waals surface area contributed by atoms with Crippen molar-refractivity contribution < 1.29 is 9.18 Å². The molecule has 0 aliphatic rings. The van der Waals surface area contributed by atoms with Crippen molar-refractivity contribution in [1.82, 2.24) is 16.0 Å². The number of carbonyl (C=O) groups is 1. The van der Waals surface area contributed by atoms with Crippen molar-refractivity contribution in [3.05, 3.63) is 70.5 Å². The molecule has 2 rings (SSSR count). The van der Waals surface area contributed by atoms with Crippen LogP contribution in [0.25, 0.3) is 0 Å². The molecular weight excluding hydrogens is 526 g/mol. The fourth-order valence-corrected chi connectivity index (χ4v) is 3.48. The van der Waals surface area contributed by atoms with E-state index in [-0.39, 0.29) is 35.7 Å². The van der Waals surface area contributed by atoms with Crippen molar-refractivity contribution in [2.75, 3.05) is 19.8 Å². The molecular formula is C23H32FIN4OS. The third-order valence-electron chi connectivity index (χ3n) is 4.63. The van der Waals surface area contributed by atoms with Gasteiger partial charge >= 0.3 is 0 Å². The van der Waals surface area contributed by atoms with Crippen molar-refractivity contribution in [3.8, 4) is 0 Å². The second kappa shape index (κ2) is 15.1. The summed E-state index contributed by atoms with van der Waals surface area (Å²) in [5.41, 5.74) is 3.74. The molecule has 0 saturated heterocycles. The maximum Gasteiger partial charge on any atom is 0.251 e. The zero-order valence-electron chi connectivity index (χ0n) is 18.3. The Kier molecular flexibility index (Phi) is 13.2. The maximum atomic E-state index is 13.5. The van der Waals surface area contributed by atoms with Gasteiger partial charge in [0.25, 0.3) is 5.91 Å². The Balaban J connectivity index is 0.00000480. The summed E-state index contributed by atoms with van der Waals surface area (Å²) < 4.78 is 13.5. The van der Waals surface area contributed by atoms with Crippen molar-refractivity contribution in [2.24, 2.45) is 4.99 Å². The lowest BCUT2D eigenvalue weighted by Gasteiger charge is -2.14. The predicted octanol–water partition coefficient (Wildman–Crippen LogP) is 4.70. The maximum absolute atomic E-state index is 13.5. The molecule has 0 aromatic heterocycles. The van der Waals surface area contributed by atoms with Crippen molar-refractivity contribution >= 4 is 47.6 Å². The molecule has 0 radical (unpaired) electrons. The number of hydrogen-bond acceptors (Lipinski definition) is 3. The number of aliphatic imine (C=N–C) groups is 1. The first-order chi connectivity index (χ1) is 14.6. The molecule has 0 atom stereocenters. The van der Waals surface area contributed by atoms with Gasteiger partial charge in [-0.2, -0.15) is 11.8 Å². The Bertz CT molecular complexity index is 846. The molecule has 0 aliphatic heterocycles. The highest BCUT2D eigenvalue weighted by molar-refractivity contribution is 14.0. The van der Waals surface area contributed by atoms with Gasteiger partial charge in [0.2, 0.25) is 0 Å². The highest BCUT2D eigenvalue weighted by atomic mass is 127. The van der Waals surface area contributed by atoms with Crippen LogP contribution in [-0.2, 0) is 18.8 Å². The summed E-state index contributed by atoms with van der Waals surface area (Å²) in [5.74, 6) is 1.17. The summed E-state index contributed by atoms with van der Waals surface area (Å²) >= 11 is 1.66. The Morgan fingerprint density at radius 2 is 1.74 bits per heavy atom. The van der Waals surface area contributed by atoms with E-state index in [2.05, 4.69) is 27.9 Å². The lowest BCUT2D eigenvalue weighted by molar-refractivity contribution is 0.0953. The average Bonchev–Trinajstić information content (AvgIpc) is 2.75. The van der Waals surface area contributed by atoms with Gasteiger partial charge in [-0.15, -0.1) is 24.0 Å². The molecule has 0 unspecified atom stereocenters. The quantitative estimate of drug-likeness (QED) is 0.171. The van der Waals surface area contributed by atoms with Crippen LogP contribution in [0.4, 0.5) is 4.39 Å². The van der Waals surface area contributed by atoms with E-state index < -0.39 is 0 Å². The molecule has 2 aromatic rings. The van der Waals surface area contributed by atoms with Gasteiger partial charge in [-0.25, -0.2) is 4.39 Å². The first kappa shape index (κ1) is 27.2. The summed E-state index contributed by atoms with van der Waals surface area (Å²) in [4.78, 5) is 16.3. The summed E-state index contributed by atoms with van der Waals surface area (Å²) in [7, 11) is 1.71. The second-order valence-electron chi connectivity index (χ2n) is 6.93. The lowest BCUT2D eigenvalue weighted by Crippen LogP contribution is -2.36. The smallest absolute Gasteiger partial charge is 0.251 e. The van der Waals surface area contributed by atoms with E-state index in [1.807, 2.05) is 36.6 Å². The van der Waals surface area contributed by atoms with Gasteiger partial charge in [-0.3, -0.25) is 9.79 Å². The van der Waals surface area contributed by atoms with E-state index in [4.69, 9.17) is 0 Å². The molecule has 0 bridgehead atoms. The van der Waals surface area contributed by atoms with E-state index in [9.17, 15) is 9.18 Å². The zero-order valence-corrected chi connectivity index (χ0v) is 21.5. The van der Waals surface area contributed by atoms with Crippen molar-refractivity contribution in [2.45, 2.75) is 38.6 Å².